The van der Waals surface area contributed by atoms with E-state index >= 15 is 0 Å². The number of ether oxygens (including phenoxy) is 2. The Hall–Kier alpha value is -2.81. The van der Waals surface area contributed by atoms with Crippen LogP contribution in [0.15, 0.2) is 12.1 Å². The van der Waals surface area contributed by atoms with Gasteiger partial charge in [-0.15, -0.1) is 11.3 Å². The smallest absolute Gasteiger partial charge is 0.280 e. The van der Waals surface area contributed by atoms with Crippen LogP contribution in [0.3, 0.4) is 0 Å². The topological polar surface area (TPSA) is 103 Å². The number of aryl methyl sites for hydroxylation is 1. The molecule has 1 amide bonds. The molecular weight excluding hydrogens is 334 g/mol. The number of fused-ring (bicyclic) bond motifs is 2. The maximum absolute atomic E-state index is 12.4. The van der Waals surface area contributed by atoms with Crippen molar-refractivity contribution in [1.29, 1.82) is 0 Å². The van der Waals surface area contributed by atoms with Gasteiger partial charge in [-0.2, -0.15) is 0 Å². The molecule has 1 aromatic heterocycles. The summed E-state index contributed by atoms with van der Waals surface area (Å²) in [4.78, 5) is 24.4. The van der Waals surface area contributed by atoms with Crippen LogP contribution in [0.4, 0.5) is 10.7 Å². The highest BCUT2D eigenvalue weighted by atomic mass is 32.1. The molecule has 0 saturated carbocycles. The first-order valence-corrected chi connectivity index (χ1v) is 8.02. The number of nitro benzene ring substituents is 1. The maximum atomic E-state index is 12.4. The van der Waals surface area contributed by atoms with Crippen molar-refractivity contribution < 1.29 is 19.2 Å². The second-order valence-corrected chi connectivity index (χ2v) is 6.78. The summed E-state index contributed by atoms with van der Waals surface area (Å²) in [5.41, 5.74) is 1.70. The largest absolute Gasteiger partial charge is 0.454 e. The van der Waals surface area contributed by atoms with E-state index in [0.717, 1.165) is 10.4 Å². The Kier molecular flexibility index (Phi) is 3.14. The average Bonchev–Trinajstić information content (AvgIpc) is 3.10. The van der Waals surface area contributed by atoms with E-state index < -0.39 is 11.1 Å². The fourth-order valence-electron chi connectivity index (χ4n) is 2.86. The molecule has 4 rings (SSSR count). The van der Waals surface area contributed by atoms with Gasteiger partial charge in [0.05, 0.1) is 22.1 Å². The third kappa shape index (κ3) is 2.08. The molecule has 9 heteroatoms. The number of carbonyl (C=O) groups is 1. The predicted molar refractivity (Wildman–Crippen MR) is 86.8 cm³/mol. The maximum Gasteiger partial charge on any atom is 0.280 e. The molecule has 2 aromatic rings. The number of hydrogen-bond acceptors (Lipinski definition) is 7. The highest BCUT2D eigenvalue weighted by molar-refractivity contribution is 7.16. The lowest BCUT2D eigenvalue weighted by Gasteiger charge is -2.26. The van der Waals surface area contributed by atoms with Gasteiger partial charge in [0.1, 0.15) is 11.2 Å². The van der Waals surface area contributed by atoms with Gasteiger partial charge in [-0.1, -0.05) is 0 Å². The molecule has 24 heavy (non-hydrogen) atoms. The first-order valence-electron chi connectivity index (χ1n) is 7.21. The van der Waals surface area contributed by atoms with Crippen molar-refractivity contribution in [2.24, 2.45) is 0 Å². The molecule has 2 aliphatic heterocycles. The van der Waals surface area contributed by atoms with Gasteiger partial charge >= 0.3 is 0 Å². The molecule has 124 valence electrons. The minimum atomic E-state index is -0.711. The van der Waals surface area contributed by atoms with Gasteiger partial charge in [0.15, 0.2) is 11.5 Å². The molecule has 1 aromatic carbocycles. The summed E-state index contributed by atoms with van der Waals surface area (Å²) in [6, 6.07) is 2.86. The zero-order valence-electron chi connectivity index (χ0n) is 12.8. The Morgan fingerprint density at radius 3 is 2.67 bits per heavy atom. The van der Waals surface area contributed by atoms with Gasteiger partial charge in [0.2, 0.25) is 6.79 Å². The van der Waals surface area contributed by atoms with Crippen molar-refractivity contribution in [2.45, 2.75) is 20.0 Å². The van der Waals surface area contributed by atoms with Gasteiger partial charge in [-0.25, -0.2) is 0 Å². The second kappa shape index (κ2) is 5.10. The Bertz CT molecular complexity index is 892. The first kappa shape index (κ1) is 14.8. The summed E-state index contributed by atoms with van der Waals surface area (Å²) < 4.78 is 10.5. The molecule has 0 spiro atoms. The minimum absolute atomic E-state index is 0.0217. The molecule has 3 heterocycles. The zero-order chi connectivity index (χ0) is 17.0. The predicted octanol–water partition coefficient (Wildman–Crippen LogP) is 2.86. The summed E-state index contributed by atoms with van der Waals surface area (Å²) in [6.45, 7) is 3.84. The molecule has 2 N–H and O–H groups in total. The van der Waals surface area contributed by atoms with Crippen LogP contribution in [0.1, 0.15) is 32.5 Å². The van der Waals surface area contributed by atoms with Crippen molar-refractivity contribution in [3.05, 3.63) is 43.8 Å². The lowest BCUT2D eigenvalue weighted by molar-refractivity contribution is -0.385. The van der Waals surface area contributed by atoms with E-state index in [1.54, 1.807) is 0 Å². The first-order chi connectivity index (χ1) is 11.5. The molecule has 1 atom stereocenters. The Labute approximate surface area is 140 Å². The van der Waals surface area contributed by atoms with Crippen LogP contribution in [0.2, 0.25) is 0 Å². The standard InChI is InChI=1S/C15H13N3O5S/c1-6-7(2)24-15-12(6)14(19)16-13(17-15)8-3-10-11(23-5-22-10)4-9(8)18(20)21/h3-4,13,17H,5H2,1-2H3,(H,16,19). The monoisotopic (exact) mass is 347 g/mol. The zero-order valence-corrected chi connectivity index (χ0v) is 13.7. The van der Waals surface area contributed by atoms with E-state index in [-0.39, 0.29) is 18.4 Å². The fraction of sp³-hybridized carbons (Fsp3) is 0.267. The van der Waals surface area contributed by atoms with Crippen molar-refractivity contribution >= 4 is 27.9 Å². The van der Waals surface area contributed by atoms with E-state index in [9.17, 15) is 14.9 Å². The van der Waals surface area contributed by atoms with Crippen molar-refractivity contribution in [3.8, 4) is 11.5 Å². The number of anilines is 1. The van der Waals surface area contributed by atoms with Crippen LogP contribution in [0.25, 0.3) is 0 Å². The fourth-order valence-corrected chi connectivity index (χ4v) is 3.95. The van der Waals surface area contributed by atoms with E-state index in [0.29, 0.717) is 27.6 Å². The molecule has 1 unspecified atom stereocenters. The van der Waals surface area contributed by atoms with Crippen LogP contribution < -0.4 is 20.1 Å². The van der Waals surface area contributed by atoms with Gasteiger partial charge in [-0.3, -0.25) is 14.9 Å². The molecule has 2 aliphatic rings. The third-order valence-corrected chi connectivity index (χ3v) is 5.33. The van der Waals surface area contributed by atoms with Crippen LogP contribution >= 0.6 is 11.3 Å². The number of nitrogens with zero attached hydrogens (tertiary/aromatic N) is 1. The van der Waals surface area contributed by atoms with Gasteiger partial charge in [0, 0.05) is 4.88 Å². The molecule has 0 fully saturated rings. The number of amides is 1. The Balaban J connectivity index is 1.80. The molecule has 0 radical (unpaired) electrons. The van der Waals surface area contributed by atoms with Crippen LogP contribution in [0, 0.1) is 24.0 Å². The minimum Gasteiger partial charge on any atom is -0.454 e. The quantitative estimate of drug-likeness (QED) is 0.640. The molecule has 0 aliphatic carbocycles. The highest BCUT2D eigenvalue weighted by Gasteiger charge is 2.34. The summed E-state index contributed by atoms with van der Waals surface area (Å²) in [7, 11) is 0. The van der Waals surface area contributed by atoms with E-state index in [4.69, 9.17) is 9.47 Å². The van der Waals surface area contributed by atoms with Crippen LogP contribution in [0.5, 0.6) is 11.5 Å². The lowest BCUT2D eigenvalue weighted by Crippen LogP contribution is -2.38. The number of benzene rings is 1. The molecule has 0 bridgehead atoms. The lowest BCUT2D eigenvalue weighted by atomic mass is 10.0. The number of nitrogens with one attached hydrogen (secondary N) is 2. The molecule has 0 saturated heterocycles. The Morgan fingerprint density at radius 2 is 1.96 bits per heavy atom. The van der Waals surface area contributed by atoms with E-state index in [2.05, 4.69) is 10.6 Å². The summed E-state index contributed by atoms with van der Waals surface area (Å²) in [5.74, 6) is 0.509. The molecular formula is C15H13N3O5S. The second-order valence-electron chi connectivity index (χ2n) is 5.56. The summed E-state index contributed by atoms with van der Waals surface area (Å²) in [5, 5.41) is 18.1. The van der Waals surface area contributed by atoms with Gasteiger partial charge < -0.3 is 20.1 Å². The number of rotatable bonds is 2. The van der Waals surface area contributed by atoms with Gasteiger partial charge in [-0.05, 0) is 25.5 Å². The number of nitro groups is 1. The van der Waals surface area contributed by atoms with Crippen LogP contribution in [-0.2, 0) is 0 Å². The SMILES string of the molecule is Cc1sc2c(c1C)C(=O)NC(c1cc3c(cc1[N+](=O)[O-])OCO3)N2. The van der Waals surface area contributed by atoms with Crippen molar-refractivity contribution in [1.82, 2.24) is 5.32 Å². The van der Waals surface area contributed by atoms with Crippen molar-refractivity contribution in [2.75, 3.05) is 12.1 Å². The summed E-state index contributed by atoms with van der Waals surface area (Å²) >= 11 is 1.46. The normalized spacial score (nSPS) is 17.9. The molecule has 8 nitrogen and oxygen atoms in total. The number of hydrogen-bond donors (Lipinski definition) is 2. The van der Waals surface area contributed by atoms with Gasteiger partial charge in [0.25, 0.3) is 11.6 Å². The Morgan fingerprint density at radius 1 is 1.25 bits per heavy atom. The number of carbonyl (C=O) groups excluding carboxylic acids is 1. The third-order valence-electron chi connectivity index (χ3n) is 4.19. The van der Waals surface area contributed by atoms with E-state index in [1.165, 1.54) is 23.5 Å². The van der Waals surface area contributed by atoms with Crippen molar-refractivity contribution in [3.63, 3.8) is 0 Å². The van der Waals surface area contributed by atoms with E-state index in [1.807, 2.05) is 13.8 Å². The number of thiophene rings is 1. The van der Waals surface area contributed by atoms with Crippen LogP contribution in [-0.4, -0.2) is 17.6 Å². The average molecular weight is 347 g/mol. The summed E-state index contributed by atoms with van der Waals surface area (Å²) in [6.07, 6.45) is -0.711. The highest BCUT2D eigenvalue weighted by Crippen LogP contribution is 2.43.